The Bertz CT molecular complexity index is 933. The number of halogens is 3. The van der Waals surface area contributed by atoms with Crippen molar-refractivity contribution >= 4 is 29.5 Å². The van der Waals surface area contributed by atoms with Gasteiger partial charge in [-0.05, 0) is 0 Å². The summed E-state index contributed by atoms with van der Waals surface area (Å²) in [6.07, 6.45) is -14.3. The lowest BCUT2D eigenvalue weighted by molar-refractivity contribution is -0.103. The van der Waals surface area contributed by atoms with Gasteiger partial charge in [0.05, 0.1) is 12.2 Å². The van der Waals surface area contributed by atoms with E-state index >= 15 is 0 Å². The molecule has 2 saturated heterocycles. The smallest absolute Gasteiger partial charge is 0.387 e. The van der Waals surface area contributed by atoms with Crippen LogP contribution in [-0.4, -0.2) is 74.4 Å². The summed E-state index contributed by atoms with van der Waals surface area (Å²) in [5.74, 6) is 0. The summed E-state index contributed by atoms with van der Waals surface area (Å²) >= 11 is 0. The van der Waals surface area contributed by atoms with Gasteiger partial charge in [-0.25, -0.2) is 18.5 Å². The summed E-state index contributed by atoms with van der Waals surface area (Å²) in [4.78, 5) is 30.6. The van der Waals surface area contributed by atoms with Gasteiger partial charge in [-0.3, -0.25) is 9.42 Å². The van der Waals surface area contributed by atoms with Crippen LogP contribution in [0.2, 0.25) is 0 Å². The molecule has 16 nitrogen and oxygen atoms in total. The van der Waals surface area contributed by atoms with E-state index in [0.29, 0.717) is 0 Å². The first-order valence-electron chi connectivity index (χ1n) is 8.12. The Labute approximate surface area is 175 Å². The van der Waals surface area contributed by atoms with E-state index in [-0.39, 0.29) is 11.1 Å². The average Bonchev–Trinajstić information content (AvgIpc) is 2.84. The van der Waals surface area contributed by atoms with Crippen LogP contribution in [0.5, 0.6) is 0 Å². The molecule has 2 fully saturated rings. The van der Waals surface area contributed by atoms with Crippen LogP contribution in [0.25, 0.3) is 0 Å². The first-order chi connectivity index (χ1) is 14.4. The molecule has 184 valence electrons. The lowest BCUT2D eigenvalue weighted by Crippen LogP contribution is -2.58. The van der Waals surface area contributed by atoms with Gasteiger partial charge in [0.25, 0.3) is 0 Å². The third kappa shape index (κ3) is 5.42. The largest absolute Gasteiger partial charge is 0.492 e. The van der Waals surface area contributed by atoms with Crippen molar-refractivity contribution < 1.29 is 73.9 Å². The van der Waals surface area contributed by atoms with E-state index in [2.05, 4.69) is 17.5 Å². The van der Waals surface area contributed by atoms with E-state index in [1.165, 1.54) is 0 Å². The predicted octanol–water partition coefficient (Wildman–Crippen LogP) is -0.422. The fourth-order valence-electron chi connectivity index (χ4n) is 2.75. The maximum Gasteiger partial charge on any atom is 0.492 e. The van der Waals surface area contributed by atoms with E-state index in [1.54, 1.807) is 5.32 Å². The van der Waals surface area contributed by atoms with Crippen molar-refractivity contribution in [1.29, 1.82) is 0 Å². The maximum absolute atomic E-state index is 13.1. The zero-order chi connectivity index (χ0) is 24.3. The number of carbonyl (C=O) groups excluding carboxylic acids is 1. The zero-order valence-corrected chi connectivity index (χ0v) is 17.8. The van der Waals surface area contributed by atoms with Gasteiger partial charge in [0.15, 0.2) is 6.23 Å². The minimum Gasteiger partial charge on any atom is -0.387 e. The summed E-state index contributed by atoms with van der Waals surface area (Å²) in [7, 11) is -16.0. The second-order valence-electron chi connectivity index (χ2n) is 6.39. The maximum atomic E-state index is 13.1. The van der Waals surface area contributed by atoms with Crippen LogP contribution in [-0.2, 0) is 35.9 Å². The zero-order valence-electron chi connectivity index (χ0n) is 15.1. The molecule has 0 bridgehead atoms. The van der Waals surface area contributed by atoms with Gasteiger partial charge in [-0.1, -0.05) is 0 Å². The van der Waals surface area contributed by atoms with Crippen molar-refractivity contribution in [2.45, 2.75) is 36.9 Å². The Kier molecular flexibility index (Phi) is 6.74. The second kappa shape index (κ2) is 8.39. The molecule has 3 rings (SSSR count). The van der Waals surface area contributed by atoms with E-state index in [0.717, 1.165) is 0 Å². The van der Waals surface area contributed by atoms with Crippen molar-refractivity contribution in [3.63, 3.8) is 0 Å². The molecule has 3 aliphatic rings. The highest BCUT2D eigenvalue weighted by Gasteiger charge is 2.56. The first-order valence-corrected chi connectivity index (χ1v) is 12.6. The molecule has 0 radical (unpaired) electrons. The number of phosphoric acid groups is 3. The summed E-state index contributed by atoms with van der Waals surface area (Å²) in [6, 6.07) is -1.23. The molecule has 0 aliphatic carbocycles. The molecular formula is C10H15F3N3O13P3. The Hall–Kier alpha value is -0.910. The third-order valence-corrected chi connectivity index (χ3v) is 9.44. The van der Waals surface area contributed by atoms with Crippen molar-refractivity contribution in [2.24, 2.45) is 5.73 Å². The number of amides is 2. The molecule has 5 unspecified atom stereocenters. The molecule has 7 N–H and O–H groups in total. The van der Waals surface area contributed by atoms with Gasteiger partial charge in [-0.15, -0.1) is 0 Å². The third-order valence-electron chi connectivity index (χ3n) is 4.08. The van der Waals surface area contributed by atoms with Gasteiger partial charge in [0, 0.05) is 6.20 Å². The van der Waals surface area contributed by atoms with Gasteiger partial charge < -0.3 is 35.8 Å². The highest BCUT2D eigenvalue weighted by Crippen LogP contribution is 2.80. The molecule has 3 aliphatic heterocycles. The number of rotatable bonds is 4. The number of nitrogens with two attached hydrogens (primary N) is 1. The van der Waals surface area contributed by atoms with Gasteiger partial charge >= 0.3 is 35.7 Å². The predicted molar refractivity (Wildman–Crippen MR) is 89.6 cm³/mol. The molecule has 32 heavy (non-hydrogen) atoms. The van der Waals surface area contributed by atoms with Crippen LogP contribution in [0.4, 0.5) is 18.0 Å². The molecule has 3 heterocycles. The Morgan fingerprint density at radius 3 is 2.22 bits per heavy atom. The van der Waals surface area contributed by atoms with Crippen LogP contribution in [0.3, 0.4) is 0 Å². The first kappa shape index (κ1) is 25.7. The Balaban J connectivity index is 1.75. The molecule has 22 heteroatoms. The standard InChI is InChI=1S/C10H15F3N3O13P3/c11-10(12,13)3-1-16(9(19)15-7(3)14)8-6(18)5(17)4(26-8)2-25-32(24)28-30(20,21)27-31(22,23)29-32/h1,4-8,17-18H,2,14H2,(H,15,19)(H,20,21)(H,22,23)/t4-,5?,6?,7?,8-/m1/s1. The van der Waals surface area contributed by atoms with Crippen LogP contribution < -0.4 is 11.1 Å². The molecule has 0 aromatic heterocycles. The molecule has 2 amide bonds. The van der Waals surface area contributed by atoms with Crippen molar-refractivity contribution in [2.75, 3.05) is 6.61 Å². The number of hydrogen-bond acceptors (Lipinski definition) is 12. The normalized spacial score (nSPS) is 45.5. The summed E-state index contributed by atoms with van der Waals surface area (Å²) < 4.78 is 95.4. The number of nitrogens with zero attached hydrogens (tertiary/aromatic N) is 1. The lowest BCUT2D eigenvalue weighted by Gasteiger charge is -2.34. The topological polar surface area (TPSA) is 237 Å². The number of hydrogen-bond donors (Lipinski definition) is 6. The van der Waals surface area contributed by atoms with E-state index in [4.69, 9.17) is 20.3 Å². The van der Waals surface area contributed by atoms with Crippen molar-refractivity contribution in [3.8, 4) is 0 Å². The van der Waals surface area contributed by atoms with Crippen molar-refractivity contribution in [1.82, 2.24) is 10.2 Å². The summed E-state index contributed by atoms with van der Waals surface area (Å²) in [6.45, 7) is -1.11. The monoisotopic (exact) mass is 535 g/mol. The minimum atomic E-state index is -5.36. The SMILES string of the molecule is NC1NC(=O)N([C@@H]2O[C@H](COP3(=O)OP(=O)(O)OP(=O)(O)O3)C(O)C2O)C=C1C(F)(F)F. The van der Waals surface area contributed by atoms with Crippen LogP contribution >= 0.6 is 23.5 Å². The highest BCUT2D eigenvalue weighted by atomic mass is 31.3. The van der Waals surface area contributed by atoms with Crippen molar-refractivity contribution in [3.05, 3.63) is 11.8 Å². The number of nitrogens with one attached hydrogen (secondary N) is 1. The number of aliphatic hydroxyl groups excluding tert-OH is 2. The number of aliphatic hydroxyl groups is 2. The number of urea groups is 1. The van der Waals surface area contributed by atoms with Crippen LogP contribution in [0.15, 0.2) is 11.8 Å². The molecule has 0 saturated carbocycles. The van der Waals surface area contributed by atoms with E-state index in [1.807, 2.05) is 0 Å². The number of alkyl halides is 3. The van der Waals surface area contributed by atoms with Crippen LogP contribution in [0.1, 0.15) is 0 Å². The van der Waals surface area contributed by atoms with Gasteiger partial charge in [0.2, 0.25) is 0 Å². The second-order valence-corrected chi connectivity index (χ2v) is 11.4. The van der Waals surface area contributed by atoms with Gasteiger partial charge in [-0.2, -0.15) is 26.1 Å². The minimum absolute atomic E-state index is 0.254. The highest BCUT2D eigenvalue weighted by molar-refractivity contribution is 7.74. The summed E-state index contributed by atoms with van der Waals surface area (Å²) in [5.41, 5.74) is 3.81. The van der Waals surface area contributed by atoms with Gasteiger partial charge in [0.1, 0.15) is 24.5 Å². The molecule has 0 aromatic rings. The Morgan fingerprint density at radius 2 is 1.69 bits per heavy atom. The van der Waals surface area contributed by atoms with E-state index in [9.17, 15) is 41.9 Å². The quantitative estimate of drug-likeness (QED) is 0.251. The fraction of sp³-hybridized carbons (Fsp3) is 0.700. The summed E-state index contributed by atoms with van der Waals surface area (Å²) in [5, 5.41) is 21.9. The molecule has 0 aromatic carbocycles. The molecule has 7 atom stereocenters. The van der Waals surface area contributed by atoms with Crippen LogP contribution in [0, 0.1) is 0 Å². The van der Waals surface area contributed by atoms with E-state index < -0.39 is 78.6 Å². The Morgan fingerprint density at radius 1 is 1.12 bits per heavy atom. The number of ether oxygens (including phenoxy) is 1. The lowest BCUT2D eigenvalue weighted by atomic mass is 10.1. The molecule has 0 spiro atoms. The fourth-order valence-corrected chi connectivity index (χ4v) is 7.68. The average molecular weight is 535 g/mol. The molecular weight excluding hydrogens is 520 g/mol. The number of carbonyl (C=O) groups is 1.